The number of hydrogen-bond acceptors (Lipinski definition) is 6. The molecule has 4 heterocycles. The lowest BCUT2D eigenvalue weighted by atomic mass is 9.79. The average molecular weight is 802 g/mol. The predicted molar refractivity (Wildman–Crippen MR) is 199 cm³/mol. The van der Waals surface area contributed by atoms with Crippen LogP contribution in [0.25, 0.3) is 11.3 Å². The van der Waals surface area contributed by atoms with Gasteiger partial charge in [-0.25, -0.2) is 9.59 Å². The van der Waals surface area contributed by atoms with Crippen LogP contribution < -0.4 is 21.5 Å². The Labute approximate surface area is 304 Å². The zero-order chi connectivity index (χ0) is 34.7. The van der Waals surface area contributed by atoms with E-state index < -0.39 is 6.04 Å². The molecule has 3 fully saturated rings. The van der Waals surface area contributed by atoms with E-state index in [-0.39, 0.29) is 23.7 Å². The third kappa shape index (κ3) is 8.37. The van der Waals surface area contributed by atoms with E-state index in [4.69, 9.17) is 10.5 Å². The van der Waals surface area contributed by atoms with Crippen LogP contribution in [-0.2, 0) is 11.2 Å². The Morgan fingerprint density at radius 1 is 0.918 bits per heavy atom. The van der Waals surface area contributed by atoms with Crippen molar-refractivity contribution >= 4 is 49.5 Å². The van der Waals surface area contributed by atoms with E-state index >= 15 is 0 Å². The number of ether oxygens (including phenoxy) is 1. The SMILES string of the molecule is COc1ccc(-c2cn(C3CCN(C(=O)N[C@H](Cc4cc(Br)c(N)c(Br)c4)C(=O)N4CCC(C5CCN(C)CC5)CC4)CC3)c(=O)[nH]2)cc1. The highest BCUT2D eigenvalue weighted by Gasteiger charge is 2.34. The lowest BCUT2D eigenvalue weighted by Crippen LogP contribution is -2.55. The number of amides is 3. The van der Waals surface area contributed by atoms with Crippen LogP contribution in [0.3, 0.4) is 0 Å². The second-order valence-corrected chi connectivity index (χ2v) is 15.5. The maximum Gasteiger partial charge on any atom is 0.326 e. The average Bonchev–Trinajstić information content (AvgIpc) is 3.51. The first-order valence-corrected chi connectivity index (χ1v) is 18.9. The highest BCUT2D eigenvalue weighted by Crippen LogP contribution is 2.33. The summed E-state index contributed by atoms with van der Waals surface area (Å²) in [5.41, 5.74) is 9.10. The van der Waals surface area contributed by atoms with Crippen molar-refractivity contribution < 1.29 is 14.3 Å². The number of imidazole rings is 1. The molecule has 49 heavy (non-hydrogen) atoms. The maximum atomic E-state index is 14.1. The van der Waals surface area contributed by atoms with Gasteiger partial charge in [-0.1, -0.05) is 0 Å². The number of H-pyrrole nitrogens is 1. The second-order valence-electron chi connectivity index (χ2n) is 13.8. The van der Waals surface area contributed by atoms with Crippen LogP contribution in [0.4, 0.5) is 10.5 Å². The summed E-state index contributed by atoms with van der Waals surface area (Å²) < 4.78 is 8.48. The number of methoxy groups -OCH3 is 1. The molecule has 0 saturated carbocycles. The number of nitrogens with one attached hydrogen (secondary N) is 2. The standard InChI is InChI=1S/C36H47Br2N7O4/c1-42-13-7-24(8-14-42)25-9-15-43(16-10-25)34(46)31(21-23-19-29(37)33(39)30(38)20-23)40-35(47)44-17-11-27(12-18-44)45-22-32(41-36(45)48)26-3-5-28(49-2)6-4-26/h3-6,19-20,22,24-25,27,31H,7-18,21,39H2,1-2H3,(H,40,47)(H,41,48)/t31-/m1/s1. The molecule has 0 bridgehead atoms. The van der Waals surface area contributed by atoms with E-state index in [1.165, 1.54) is 12.8 Å². The summed E-state index contributed by atoms with van der Waals surface area (Å²) in [6.07, 6.45) is 7.94. The van der Waals surface area contributed by atoms with E-state index in [1.54, 1.807) is 16.6 Å². The Morgan fingerprint density at radius 3 is 2.08 bits per heavy atom. The molecule has 1 atom stereocenters. The van der Waals surface area contributed by atoms with Gasteiger partial charge in [0.25, 0.3) is 0 Å². The summed E-state index contributed by atoms with van der Waals surface area (Å²) in [5, 5.41) is 3.11. The lowest BCUT2D eigenvalue weighted by Gasteiger charge is -2.40. The third-order valence-electron chi connectivity index (χ3n) is 10.7. The number of hydrogen-bond donors (Lipinski definition) is 3. The number of nitrogen functional groups attached to an aromatic ring is 1. The first kappa shape index (κ1) is 35.5. The van der Waals surface area contributed by atoms with Crippen molar-refractivity contribution in [3.8, 4) is 17.0 Å². The second kappa shape index (κ2) is 15.7. The molecule has 264 valence electrons. The predicted octanol–water partition coefficient (Wildman–Crippen LogP) is 5.50. The van der Waals surface area contributed by atoms with Crippen molar-refractivity contribution in [3.05, 3.63) is 67.6 Å². The molecule has 3 aliphatic rings. The van der Waals surface area contributed by atoms with Crippen molar-refractivity contribution in [3.63, 3.8) is 0 Å². The summed E-state index contributed by atoms with van der Waals surface area (Å²) in [6, 6.07) is 10.4. The van der Waals surface area contributed by atoms with E-state index in [1.807, 2.05) is 47.5 Å². The smallest absolute Gasteiger partial charge is 0.326 e. The fraction of sp³-hybridized carbons (Fsp3) is 0.528. The monoisotopic (exact) mass is 799 g/mol. The Bertz CT molecular complexity index is 1650. The summed E-state index contributed by atoms with van der Waals surface area (Å²) in [6.45, 7) is 4.68. The van der Waals surface area contributed by atoms with Gasteiger partial charge >= 0.3 is 11.7 Å². The molecule has 1 aromatic heterocycles. The highest BCUT2D eigenvalue weighted by atomic mass is 79.9. The number of carbonyl (C=O) groups is 2. The molecule has 13 heteroatoms. The van der Waals surface area contributed by atoms with Gasteiger partial charge < -0.3 is 35.5 Å². The van der Waals surface area contributed by atoms with Crippen LogP contribution in [0.2, 0.25) is 0 Å². The van der Waals surface area contributed by atoms with Crippen molar-refractivity contribution in [1.82, 2.24) is 29.6 Å². The fourth-order valence-electron chi connectivity index (χ4n) is 7.69. The first-order valence-electron chi connectivity index (χ1n) is 17.3. The number of nitrogens with two attached hydrogens (primary N) is 1. The molecule has 0 unspecified atom stereocenters. The van der Waals surface area contributed by atoms with Gasteiger partial charge in [0.1, 0.15) is 11.8 Å². The third-order valence-corrected chi connectivity index (χ3v) is 12.1. The number of rotatable bonds is 8. The molecule has 2 aromatic carbocycles. The molecule has 11 nitrogen and oxygen atoms in total. The van der Waals surface area contributed by atoms with Crippen LogP contribution in [0, 0.1) is 11.8 Å². The van der Waals surface area contributed by atoms with Gasteiger partial charge in [0.15, 0.2) is 0 Å². The molecule has 0 aliphatic carbocycles. The minimum atomic E-state index is -0.716. The first-order chi connectivity index (χ1) is 23.6. The van der Waals surface area contributed by atoms with Gasteiger partial charge in [0.05, 0.1) is 18.5 Å². The van der Waals surface area contributed by atoms with Gasteiger partial charge in [0, 0.05) is 53.8 Å². The lowest BCUT2D eigenvalue weighted by molar-refractivity contribution is -0.135. The number of nitrogens with zero attached hydrogens (tertiary/aromatic N) is 4. The molecule has 3 aliphatic heterocycles. The summed E-state index contributed by atoms with van der Waals surface area (Å²) in [5.74, 6) is 2.09. The fourth-order valence-corrected chi connectivity index (χ4v) is 8.97. The molecule has 0 spiro atoms. The van der Waals surface area contributed by atoms with Crippen LogP contribution in [0.15, 0.2) is 56.3 Å². The number of piperidine rings is 3. The molecule has 0 radical (unpaired) electrons. The van der Waals surface area contributed by atoms with E-state index in [2.05, 4.69) is 54.1 Å². The normalized spacial score (nSPS) is 19.2. The van der Waals surface area contributed by atoms with E-state index in [0.717, 1.165) is 63.4 Å². The van der Waals surface area contributed by atoms with E-state index in [0.29, 0.717) is 57.0 Å². The number of urea groups is 1. The Morgan fingerprint density at radius 2 is 1.49 bits per heavy atom. The Hall–Kier alpha value is -3.29. The van der Waals surface area contributed by atoms with Gasteiger partial charge in [-0.2, -0.15) is 0 Å². The molecular weight excluding hydrogens is 754 g/mol. The van der Waals surface area contributed by atoms with Crippen molar-refractivity contribution in [2.24, 2.45) is 11.8 Å². The number of aromatic nitrogens is 2. The van der Waals surface area contributed by atoms with Crippen LogP contribution in [0.5, 0.6) is 5.75 Å². The minimum Gasteiger partial charge on any atom is -0.497 e. The molecule has 3 aromatic rings. The van der Waals surface area contributed by atoms with Crippen molar-refractivity contribution in [2.75, 3.05) is 59.2 Å². The van der Waals surface area contributed by atoms with Gasteiger partial charge in [0.2, 0.25) is 5.91 Å². The van der Waals surface area contributed by atoms with Crippen LogP contribution in [-0.4, -0.2) is 95.7 Å². The molecule has 3 amide bonds. The highest BCUT2D eigenvalue weighted by molar-refractivity contribution is 9.11. The summed E-state index contributed by atoms with van der Waals surface area (Å²) in [7, 11) is 3.81. The topological polar surface area (TPSA) is 129 Å². The number of halogens is 2. The largest absolute Gasteiger partial charge is 0.497 e. The summed E-state index contributed by atoms with van der Waals surface area (Å²) in [4.78, 5) is 49.8. The van der Waals surface area contributed by atoms with Crippen molar-refractivity contribution in [2.45, 2.75) is 57.0 Å². The van der Waals surface area contributed by atoms with Gasteiger partial charge in [-0.3, -0.25) is 9.36 Å². The number of carbonyl (C=O) groups excluding carboxylic acids is 2. The van der Waals surface area contributed by atoms with Crippen LogP contribution in [0.1, 0.15) is 50.1 Å². The molecular formula is C36H47Br2N7O4. The van der Waals surface area contributed by atoms with Gasteiger partial charge in [-0.15, -0.1) is 0 Å². The number of likely N-dealkylation sites (tertiary alicyclic amines) is 3. The molecule has 6 rings (SSSR count). The molecule has 4 N–H and O–H groups in total. The number of anilines is 1. The summed E-state index contributed by atoms with van der Waals surface area (Å²) >= 11 is 7.06. The Balaban J connectivity index is 1.10. The Kier molecular flexibility index (Phi) is 11.4. The number of aromatic amines is 1. The van der Waals surface area contributed by atoms with Crippen molar-refractivity contribution in [1.29, 1.82) is 0 Å². The minimum absolute atomic E-state index is 0.0347. The van der Waals surface area contributed by atoms with Crippen LogP contribution >= 0.6 is 31.9 Å². The zero-order valence-corrected chi connectivity index (χ0v) is 31.5. The zero-order valence-electron chi connectivity index (χ0n) is 28.3. The maximum absolute atomic E-state index is 14.1. The van der Waals surface area contributed by atoms with E-state index in [9.17, 15) is 14.4 Å². The van der Waals surface area contributed by atoms with Gasteiger partial charge in [-0.05, 0) is 150 Å². The number of benzene rings is 2. The molecule has 3 saturated heterocycles. The quantitative estimate of drug-likeness (QED) is 0.259.